The van der Waals surface area contributed by atoms with E-state index in [1.54, 1.807) is 13.1 Å². The third kappa shape index (κ3) is 9.32. The highest BCUT2D eigenvalue weighted by Gasteiger charge is 2.05. The highest BCUT2D eigenvalue weighted by molar-refractivity contribution is 14.0. The summed E-state index contributed by atoms with van der Waals surface area (Å²) in [7, 11) is 1.77. The average Bonchev–Trinajstić information content (AvgIpc) is 2.72. The van der Waals surface area contributed by atoms with Crippen LogP contribution in [0.1, 0.15) is 30.5 Å². The van der Waals surface area contributed by atoms with E-state index in [9.17, 15) is 0 Å². The summed E-state index contributed by atoms with van der Waals surface area (Å²) in [6, 6.07) is 16.3. The maximum atomic E-state index is 5.70. The van der Waals surface area contributed by atoms with Crippen LogP contribution in [-0.4, -0.2) is 25.7 Å². The average molecular weight is 509 g/mol. The van der Waals surface area contributed by atoms with Crippen LogP contribution in [0.25, 0.3) is 0 Å². The first-order valence-corrected chi connectivity index (χ1v) is 9.58. The van der Waals surface area contributed by atoms with Gasteiger partial charge < -0.3 is 20.1 Å². The smallest absolute Gasteiger partial charge is 0.191 e. The van der Waals surface area contributed by atoms with E-state index in [1.807, 2.05) is 38.1 Å². The summed E-state index contributed by atoms with van der Waals surface area (Å²) in [5.74, 6) is 1.59. The molecule has 0 saturated carbocycles. The molecule has 0 bridgehead atoms. The zero-order valence-electron chi connectivity index (χ0n) is 17.5. The molecule has 2 aromatic carbocycles. The molecule has 0 spiro atoms. The van der Waals surface area contributed by atoms with Crippen LogP contribution in [0, 0.1) is 0 Å². The first-order chi connectivity index (χ1) is 13.6. The van der Waals surface area contributed by atoms with Gasteiger partial charge in [-0.25, -0.2) is 0 Å². The van der Waals surface area contributed by atoms with Crippen LogP contribution in [0.3, 0.4) is 0 Å². The van der Waals surface area contributed by atoms with E-state index in [0.29, 0.717) is 26.3 Å². The van der Waals surface area contributed by atoms with Crippen molar-refractivity contribution in [2.45, 2.75) is 39.6 Å². The Labute approximate surface area is 191 Å². The summed E-state index contributed by atoms with van der Waals surface area (Å²) < 4.78 is 11.4. The van der Waals surface area contributed by atoms with Gasteiger partial charge >= 0.3 is 0 Å². The molecular weight excluding hydrogens is 477 g/mol. The third-order valence-electron chi connectivity index (χ3n) is 4.03. The largest absolute Gasteiger partial charge is 0.489 e. The van der Waals surface area contributed by atoms with E-state index >= 15 is 0 Å². The van der Waals surface area contributed by atoms with Crippen molar-refractivity contribution in [3.63, 3.8) is 0 Å². The lowest BCUT2D eigenvalue weighted by Crippen LogP contribution is -2.36. The van der Waals surface area contributed by atoms with Crippen molar-refractivity contribution in [2.75, 3.05) is 13.7 Å². The highest BCUT2D eigenvalue weighted by Crippen LogP contribution is 2.17. The van der Waals surface area contributed by atoms with Crippen molar-refractivity contribution in [2.24, 2.45) is 4.99 Å². The number of hydrogen-bond donors (Lipinski definition) is 2. The molecule has 5 nitrogen and oxygen atoms in total. The molecule has 2 rings (SSSR count). The normalized spacial score (nSPS) is 11.0. The Morgan fingerprint density at radius 2 is 1.79 bits per heavy atom. The Morgan fingerprint density at radius 1 is 1.07 bits per heavy atom. The lowest BCUT2D eigenvalue weighted by molar-refractivity contribution is 0.0657. The molecule has 0 heterocycles. The first-order valence-electron chi connectivity index (χ1n) is 9.58. The number of nitrogens with zero attached hydrogens (tertiary/aromatic N) is 1. The van der Waals surface area contributed by atoms with Gasteiger partial charge in [0.1, 0.15) is 12.4 Å². The van der Waals surface area contributed by atoms with Crippen LogP contribution >= 0.6 is 24.0 Å². The lowest BCUT2D eigenvalue weighted by Gasteiger charge is -2.15. The van der Waals surface area contributed by atoms with E-state index in [0.717, 1.165) is 17.3 Å². The molecule has 0 aliphatic rings. The second-order valence-corrected chi connectivity index (χ2v) is 6.67. The van der Waals surface area contributed by atoms with Gasteiger partial charge in [0.15, 0.2) is 5.96 Å². The number of halogens is 1. The Morgan fingerprint density at radius 3 is 2.52 bits per heavy atom. The zero-order valence-corrected chi connectivity index (χ0v) is 19.8. The predicted molar refractivity (Wildman–Crippen MR) is 131 cm³/mol. The second kappa shape index (κ2) is 14.0. The molecule has 0 aliphatic heterocycles. The molecule has 2 aromatic rings. The van der Waals surface area contributed by atoms with Crippen LogP contribution in [0.2, 0.25) is 0 Å². The molecule has 0 saturated heterocycles. The van der Waals surface area contributed by atoms with Crippen LogP contribution in [0.5, 0.6) is 5.75 Å². The number of hydrogen-bond acceptors (Lipinski definition) is 3. The van der Waals surface area contributed by atoms with Crippen LogP contribution in [0.15, 0.2) is 66.2 Å². The SMILES string of the molecule is C=CCOc1ccccc1CNC(=NC)NCc1cccc(COC(C)C)c1.I. The Kier molecular flexibility index (Phi) is 12.1. The minimum Gasteiger partial charge on any atom is -0.489 e. The van der Waals surface area contributed by atoms with Crippen molar-refractivity contribution < 1.29 is 9.47 Å². The molecule has 158 valence electrons. The molecule has 0 radical (unpaired) electrons. The second-order valence-electron chi connectivity index (χ2n) is 6.67. The summed E-state index contributed by atoms with van der Waals surface area (Å²) >= 11 is 0. The molecule has 0 amide bonds. The van der Waals surface area contributed by atoms with E-state index in [1.165, 1.54) is 11.1 Å². The maximum absolute atomic E-state index is 5.70. The number of aliphatic imine (C=N–C) groups is 1. The number of benzene rings is 2. The van der Waals surface area contributed by atoms with Crippen molar-refractivity contribution in [3.8, 4) is 5.75 Å². The Hall–Kier alpha value is -2.06. The number of para-hydroxylation sites is 1. The molecule has 2 N–H and O–H groups in total. The van der Waals surface area contributed by atoms with Gasteiger partial charge in [-0.3, -0.25) is 4.99 Å². The monoisotopic (exact) mass is 509 g/mol. The summed E-state index contributed by atoms with van der Waals surface area (Å²) in [5, 5.41) is 6.69. The van der Waals surface area contributed by atoms with Gasteiger partial charge in [0.2, 0.25) is 0 Å². The lowest BCUT2D eigenvalue weighted by atomic mass is 10.1. The summed E-state index contributed by atoms with van der Waals surface area (Å²) in [6.07, 6.45) is 1.97. The van der Waals surface area contributed by atoms with Gasteiger partial charge in [-0.1, -0.05) is 55.1 Å². The fraction of sp³-hybridized carbons (Fsp3) is 0.348. The highest BCUT2D eigenvalue weighted by atomic mass is 127. The van der Waals surface area contributed by atoms with Gasteiger partial charge in [-0.05, 0) is 31.0 Å². The third-order valence-corrected chi connectivity index (χ3v) is 4.03. The molecular formula is C23H32IN3O2. The van der Waals surface area contributed by atoms with Gasteiger partial charge in [0, 0.05) is 25.7 Å². The number of guanidine groups is 1. The van der Waals surface area contributed by atoms with Gasteiger partial charge in [-0.15, -0.1) is 24.0 Å². The van der Waals surface area contributed by atoms with Crippen molar-refractivity contribution in [3.05, 3.63) is 77.9 Å². The molecule has 0 atom stereocenters. The minimum absolute atomic E-state index is 0. The van der Waals surface area contributed by atoms with Crippen LogP contribution < -0.4 is 15.4 Å². The first kappa shape index (κ1) is 25.0. The summed E-state index contributed by atoms with van der Waals surface area (Å²) in [4.78, 5) is 4.30. The van der Waals surface area contributed by atoms with E-state index < -0.39 is 0 Å². The molecule has 6 heteroatoms. The van der Waals surface area contributed by atoms with Gasteiger partial charge in [0.05, 0.1) is 12.7 Å². The molecule has 0 unspecified atom stereocenters. The van der Waals surface area contributed by atoms with Crippen molar-refractivity contribution in [1.82, 2.24) is 10.6 Å². The zero-order chi connectivity index (χ0) is 20.2. The van der Waals surface area contributed by atoms with Gasteiger partial charge in [0.25, 0.3) is 0 Å². The van der Waals surface area contributed by atoms with Crippen LogP contribution in [-0.2, 0) is 24.4 Å². The Balaban J connectivity index is 0.00000420. The summed E-state index contributed by atoms with van der Waals surface area (Å²) in [6.45, 7) is 10.2. The molecule has 0 aromatic heterocycles. The minimum atomic E-state index is 0. The standard InChI is InChI=1S/C23H31N3O2.HI/c1-5-13-27-22-12-7-6-11-21(22)16-26-23(24-4)25-15-19-9-8-10-20(14-19)17-28-18(2)3;/h5-12,14,18H,1,13,15-17H2,2-4H3,(H2,24,25,26);1H. The molecule has 29 heavy (non-hydrogen) atoms. The van der Waals surface area contributed by atoms with Crippen molar-refractivity contribution >= 4 is 29.9 Å². The fourth-order valence-corrected chi connectivity index (χ4v) is 2.62. The molecule has 0 fully saturated rings. The quantitative estimate of drug-likeness (QED) is 0.212. The number of nitrogens with one attached hydrogen (secondary N) is 2. The maximum Gasteiger partial charge on any atom is 0.191 e. The van der Waals surface area contributed by atoms with Crippen LogP contribution in [0.4, 0.5) is 0 Å². The van der Waals surface area contributed by atoms with E-state index in [4.69, 9.17) is 9.47 Å². The topological polar surface area (TPSA) is 54.9 Å². The number of ether oxygens (including phenoxy) is 2. The fourth-order valence-electron chi connectivity index (χ4n) is 2.62. The number of rotatable bonds is 10. The Bertz CT molecular complexity index is 778. The van der Waals surface area contributed by atoms with Gasteiger partial charge in [-0.2, -0.15) is 0 Å². The van der Waals surface area contributed by atoms with E-state index in [2.05, 4.69) is 46.5 Å². The summed E-state index contributed by atoms with van der Waals surface area (Å²) in [5.41, 5.74) is 3.42. The molecule has 0 aliphatic carbocycles. The predicted octanol–water partition coefficient (Wildman–Crippen LogP) is 4.66. The van der Waals surface area contributed by atoms with Crippen molar-refractivity contribution in [1.29, 1.82) is 0 Å². The van der Waals surface area contributed by atoms with E-state index in [-0.39, 0.29) is 30.1 Å².